The number of hydrogen-bond donors (Lipinski definition) is 2. The molecular formula is C17H23N3O. The van der Waals surface area contributed by atoms with Crippen LogP contribution in [0.15, 0.2) is 30.5 Å². The van der Waals surface area contributed by atoms with Crippen LogP contribution in [0.2, 0.25) is 0 Å². The Morgan fingerprint density at radius 3 is 2.67 bits per heavy atom. The quantitative estimate of drug-likeness (QED) is 0.799. The van der Waals surface area contributed by atoms with Gasteiger partial charge >= 0.3 is 0 Å². The van der Waals surface area contributed by atoms with Gasteiger partial charge in [0.05, 0.1) is 5.56 Å². The van der Waals surface area contributed by atoms with Crippen LogP contribution in [0.1, 0.15) is 43.5 Å². The smallest absolute Gasteiger partial charge is 0.253 e. The van der Waals surface area contributed by atoms with Crippen molar-refractivity contribution in [1.82, 2.24) is 10.3 Å². The normalized spacial score (nSPS) is 11.0. The molecule has 0 bridgehead atoms. The number of nitrogens with one attached hydrogen (secondary N) is 1. The first-order valence-corrected chi connectivity index (χ1v) is 7.51. The summed E-state index contributed by atoms with van der Waals surface area (Å²) in [4.78, 5) is 16.4. The van der Waals surface area contributed by atoms with Crippen LogP contribution in [-0.4, -0.2) is 17.4 Å². The van der Waals surface area contributed by atoms with E-state index in [1.165, 1.54) is 6.42 Å². The lowest BCUT2D eigenvalue weighted by Gasteiger charge is -2.09. The molecular weight excluding hydrogens is 262 g/mol. The zero-order valence-corrected chi connectivity index (χ0v) is 12.7. The minimum Gasteiger partial charge on any atom is -0.383 e. The van der Waals surface area contributed by atoms with E-state index in [0.29, 0.717) is 23.8 Å². The van der Waals surface area contributed by atoms with Crippen LogP contribution in [0, 0.1) is 5.92 Å². The monoisotopic (exact) mass is 285 g/mol. The number of carbonyl (C=O) groups excluding carboxylic acids is 1. The Bertz CT molecular complexity index is 622. The number of carbonyl (C=O) groups is 1. The predicted molar refractivity (Wildman–Crippen MR) is 87.2 cm³/mol. The van der Waals surface area contributed by atoms with E-state index in [9.17, 15) is 4.79 Å². The van der Waals surface area contributed by atoms with Crippen LogP contribution in [-0.2, 0) is 0 Å². The van der Waals surface area contributed by atoms with Gasteiger partial charge in [-0.15, -0.1) is 0 Å². The highest BCUT2D eigenvalue weighted by atomic mass is 16.1. The summed E-state index contributed by atoms with van der Waals surface area (Å²) < 4.78 is 0. The number of rotatable bonds is 6. The number of unbranched alkanes of at least 4 members (excludes halogenated alkanes) is 1. The Kier molecular flexibility index (Phi) is 5.14. The highest BCUT2D eigenvalue weighted by Gasteiger charge is 2.11. The average Bonchev–Trinajstić information content (AvgIpc) is 2.47. The number of amides is 1. The summed E-state index contributed by atoms with van der Waals surface area (Å²) in [7, 11) is 0. The third kappa shape index (κ3) is 3.94. The molecule has 0 aliphatic heterocycles. The largest absolute Gasteiger partial charge is 0.383 e. The van der Waals surface area contributed by atoms with E-state index >= 15 is 0 Å². The van der Waals surface area contributed by atoms with Crippen LogP contribution in [0.5, 0.6) is 0 Å². The molecule has 4 nitrogen and oxygen atoms in total. The average molecular weight is 285 g/mol. The SMILES string of the molecule is CC(C)CCCCNC(=O)c1cnc(N)c2ccccc12. The van der Waals surface area contributed by atoms with Gasteiger partial charge < -0.3 is 11.1 Å². The van der Waals surface area contributed by atoms with Gasteiger partial charge in [0.2, 0.25) is 0 Å². The van der Waals surface area contributed by atoms with E-state index in [4.69, 9.17) is 5.73 Å². The molecule has 0 radical (unpaired) electrons. The zero-order chi connectivity index (χ0) is 15.2. The second-order valence-corrected chi connectivity index (χ2v) is 5.75. The van der Waals surface area contributed by atoms with Crippen LogP contribution >= 0.6 is 0 Å². The number of nitrogens with zero attached hydrogens (tertiary/aromatic N) is 1. The molecule has 0 aliphatic rings. The summed E-state index contributed by atoms with van der Waals surface area (Å²) in [5.41, 5.74) is 6.44. The topological polar surface area (TPSA) is 68.0 Å². The zero-order valence-electron chi connectivity index (χ0n) is 12.7. The third-order valence-electron chi connectivity index (χ3n) is 3.56. The molecule has 2 aromatic rings. The van der Waals surface area contributed by atoms with Gasteiger partial charge in [0, 0.05) is 18.1 Å². The van der Waals surface area contributed by atoms with Gasteiger partial charge in [-0.2, -0.15) is 0 Å². The fourth-order valence-electron chi connectivity index (χ4n) is 2.37. The van der Waals surface area contributed by atoms with Gasteiger partial charge in [0.25, 0.3) is 5.91 Å². The van der Waals surface area contributed by atoms with Crippen molar-refractivity contribution in [3.05, 3.63) is 36.0 Å². The molecule has 2 rings (SSSR count). The van der Waals surface area contributed by atoms with Crippen molar-refractivity contribution in [2.24, 2.45) is 5.92 Å². The Labute approximate surface area is 125 Å². The van der Waals surface area contributed by atoms with Crippen molar-refractivity contribution < 1.29 is 4.79 Å². The number of pyridine rings is 1. The molecule has 0 spiro atoms. The first-order chi connectivity index (χ1) is 10.1. The molecule has 0 atom stereocenters. The van der Waals surface area contributed by atoms with E-state index in [1.807, 2.05) is 24.3 Å². The van der Waals surface area contributed by atoms with Gasteiger partial charge in [0.15, 0.2) is 0 Å². The van der Waals surface area contributed by atoms with E-state index in [0.717, 1.165) is 23.6 Å². The van der Waals surface area contributed by atoms with Gasteiger partial charge in [0.1, 0.15) is 5.82 Å². The van der Waals surface area contributed by atoms with Crippen LogP contribution in [0.3, 0.4) is 0 Å². The lowest BCUT2D eigenvalue weighted by Crippen LogP contribution is -2.25. The molecule has 0 saturated heterocycles. The molecule has 1 aromatic carbocycles. The number of benzene rings is 1. The van der Waals surface area contributed by atoms with Gasteiger partial charge in [-0.3, -0.25) is 4.79 Å². The summed E-state index contributed by atoms with van der Waals surface area (Å²) in [6.07, 6.45) is 4.90. The minimum atomic E-state index is -0.0803. The molecule has 21 heavy (non-hydrogen) atoms. The molecule has 112 valence electrons. The Hall–Kier alpha value is -2.10. The molecule has 0 fully saturated rings. The first kappa shape index (κ1) is 15.3. The van der Waals surface area contributed by atoms with E-state index in [2.05, 4.69) is 24.1 Å². The minimum absolute atomic E-state index is 0.0803. The summed E-state index contributed by atoms with van der Waals surface area (Å²) in [5.74, 6) is 1.09. The van der Waals surface area contributed by atoms with E-state index < -0.39 is 0 Å². The van der Waals surface area contributed by atoms with Gasteiger partial charge in [-0.25, -0.2) is 4.98 Å². The number of anilines is 1. The lowest BCUT2D eigenvalue weighted by atomic mass is 10.1. The molecule has 0 saturated carbocycles. The molecule has 1 amide bonds. The fraction of sp³-hybridized carbons (Fsp3) is 0.412. The Balaban J connectivity index is 2.02. The van der Waals surface area contributed by atoms with Crippen molar-refractivity contribution in [2.75, 3.05) is 12.3 Å². The van der Waals surface area contributed by atoms with Crippen LogP contribution < -0.4 is 11.1 Å². The second-order valence-electron chi connectivity index (χ2n) is 5.75. The molecule has 0 unspecified atom stereocenters. The molecule has 0 aliphatic carbocycles. The van der Waals surface area contributed by atoms with Gasteiger partial charge in [-0.05, 0) is 17.7 Å². The van der Waals surface area contributed by atoms with Crippen molar-refractivity contribution in [1.29, 1.82) is 0 Å². The molecule has 3 N–H and O–H groups in total. The second kappa shape index (κ2) is 7.07. The van der Waals surface area contributed by atoms with Gasteiger partial charge in [-0.1, -0.05) is 51.0 Å². The van der Waals surface area contributed by atoms with Crippen LogP contribution in [0.25, 0.3) is 10.8 Å². The molecule has 1 aromatic heterocycles. The van der Waals surface area contributed by atoms with Crippen molar-refractivity contribution in [3.8, 4) is 0 Å². The molecule has 1 heterocycles. The maximum atomic E-state index is 12.3. The number of hydrogen-bond acceptors (Lipinski definition) is 3. The predicted octanol–water partition coefficient (Wildman–Crippen LogP) is 3.37. The Morgan fingerprint density at radius 2 is 1.95 bits per heavy atom. The first-order valence-electron chi connectivity index (χ1n) is 7.51. The van der Waals surface area contributed by atoms with E-state index in [-0.39, 0.29) is 5.91 Å². The number of nitrogen functional groups attached to an aromatic ring is 1. The lowest BCUT2D eigenvalue weighted by molar-refractivity contribution is 0.0954. The van der Waals surface area contributed by atoms with Crippen LogP contribution in [0.4, 0.5) is 5.82 Å². The maximum absolute atomic E-state index is 12.3. The van der Waals surface area contributed by atoms with E-state index in [1.54, 1.807) is 6.20 Å². The summed E-state index contributed by atoms with van der Waals surface area (Å²) in [6.45, 7) is 5.12. The molecule has 4 heteroatoms. The summed E-state index contributed by atoms with van der Waals surface area (Å²) in [6, 6.07) is 7.59. The fourth-order valence-corrected chi connectivity index (χ4v) is 2.37. The highest BCUT2D eigenvalue weighted by Crippen LogP contribution is 2.22. The number of nitrogens with two attached hydrogens (primary N) is 1. The van der Waals surface area contributed by atoms with Crippen molar-refractivity contribution >= 4 is 22.5 Å². The number of aromatic nitrogens is 1. The highest BCUT2D eigenvalue weighted by molar-refractivity contribution is 6.08. The number of fused-ring (bicyclic) bond motifs is 1. The van der Waals surface area contributed by atoms with Crippen molar-refractivity contribution in [2.45, 2.75) is 33.1 Å². The maximum Gasteiger partial charge on any atom is 0.253 e. The third-order valence-corrected chi connectivity index (χ3v) is 3.56. The van der Waals surface area contributed by atoms with Crippen molar-refractivity contribution in [3.63, 3.8) is 0 Å². The standard InChI is InChI=1S/C17H23N3O/c1-12(2)7-5-6-10-19-17(21)15-11-20-16(18)14-9-4-3-8-13(14)15/h3-4,8-9,11-12H,5-7,10H2,1-2H3,(H2,18,20)(H,19,21). The Morgan fingerprint density at radius 1 is 1.24 bits per heavy atom. The summed E-state index contributed by atoms with van der Waals surface area (Å²) in [5, 5.41) is 4.64. The summed E-state index contributed by atoms with van der Waals surface area (Å²) >= 11 is 0.